The number of rotatable bonds is 8. The molecular weight excluding hydrogens is 535 g/mol. The fourth-order valence-electron chi connectivity index (χ4n) is 3.05. The second-order valence-electron chi connectivity index (χ2n) is 6.63. The van der Waals surface area contributed by atoms with Crippen molar-refractivity contribution in [1.82, 2.24) is 34.6 Å². The van der Waals surface area contributed by atoms with E-state index >= 15 is 0 Å². The fourth-order valence-corrected chi connectivity index (χ4v) is 6.08. The average Bonchev–Trinajstić information content (AvgIpc) is 3.36. The van der Waals surface area contributed by atoms with Gasteiger partial charge in [0.15, 0.2) is 17.4 Å². The molecule has 0 saturated carbocycles. The molecule has 2 unspecified atom stereocenters. The number of hydrogen-bond acceptors (Lipinski definition) is 14. The first-order valence-corrected chi connectivity index (χ1v) is 13.2. The molecule has 0 bridgehead atoms. The van der Waals surface area contributed by atoms with Gasteiger partial charge in [0.2, 0.25) is 0 Å². The summed E-state index contributed by atoms with van der Waals surface area (Å²) in [4.78, 5) is 54.2. The van der Waals surface area contributed by atoms with E-state index in [1.54, 1.807) is 0 Å². The number of nitrogens with one attached hydrogen (secondary N) is 1. The lowest BCUT2D eigenvalue weighted by Crippen LogP contribution is -2.33. The number of imidazole rings is 1. The molecule has 1 aliphatic heterocycles. The third-order valence-electron chi connectivity index (χ3n) is 4.31. The van der Waals surface area contributed by atoms with Crippen molar-refractivity contribution in [2.75, 3.05) is 6.61 Å². The summed E-state index contributed by atoms with van der Waals surface area (Å²) in [5.74, 6) is -0.0727. The Labute approximate surface area is 185 Å². The third-order valence-corrected chi connectivity index (χ3v) is 8.11. The van der Waals surface area contributed by atoms with Crippen LogP contribution in [0.25, 0.3) is 16.9 Å². The molecule has 188 valence electrons. The molecular formula is C10H14N7O14P3. The lowest BCUT2D eigenvalue weighted by Gasteiger charge is -2.19. The van der Waals surface area contributed by atoms with Crippen LogP contribution in [0.5, 0.6) is 0 Å². The molecule has 1 aliphatic rings. The number of aliphatic hydroxyl groups excluding tert-OH is 2. The maximum absolute atomic E-state index is 12.2. The molecule has 0 aliphatic carbocycles. The number of tetrazole rings is 1. The Bertz CT molecular complexity index is 1430. The topological polar surface area (TPSA) is 303 Å². The first-order chi connectivity index (χ1) is 15.7. The Hall–Kier alpha value is -1.96. The molecule has 4 heterocycles. The second-order valence-corrected chi connectivity index (χ2v) is 11.0. The quantitative estimate of drug-likeness (QED) is 0.139. The van der Waals surface area contributed by atoms with Crippen molar-refractivity contribution in [2.45, 2.75) is 24.5 Å². The van der Waals surface area contributed by atoms with Crippen LogP contribution in [0.2, 0.25) is 0 Å². The van der Waals surface area contributed by atoms with Crippen LogP contribution < -0.4 is 5.56 Å². The van der Waals surface area contributed by atoms with E-state index < -0.39 is 60.2 Å². The molecule has 0 amide bonds. The van der Waals surface area contributed by atoms with Gasteiger partial charge in [-0.05, 0) is 10.4 Å². The molecule has 4 rings (SSSR count). The van der Waals surface area contributed by atoms with Crippen molar-refractivity contribution in [2.24, 2.45) is 0 Å². The highest BCUT2D eigenvalue weighted by atomic mass is 31.3. The predicted octanol–water partition coefficient (Wildman–Crippen LogP) is -2.88. The molecule has 6 atom stereocenters. The van der Waals surface area contributed by atoms with E-state index in [2.05, 4.69) is 38.6 Å². The molecule has 34 heavy (non-hydrogen) atoms. The maximum atomic E-state index is 12.2. The van der Waals surface area contributed by atoms with Crippen LogP contribution in [0, 0.1) is 0 Å². The second kappa shape index (κ2) is 8.61. The van der Waals surface area contributed by atoms with Crippen molar-refractivity contribution in [3.63, 3.8) is 0 Å². The largest absolute Gasteiger partial charge is 0.490 e. The Morgan fingerprint density at radius 1 is 1.09 bits per heavy atom. The summed E-state index contributed by atoms with van der Waals surface area (Å²) in [6.45, 7) is -1.02. The van der Waals surface area contributed by atoms with Gasteiger partial charge in [0.25, 0.3) is 11.3 Å². The smallest absolute Gasteiger partial charge is 0.387 e. The SMILES string of the molecule is O=c1[nH]c2nnnn2c2c1ncn2[C@@H]1O[C@H](COP(=O)(O)OP(=O)(O)OP(=O)(O)O)[C@@H](O)[C@H]1O. The first-order valence-electron chi connectivity index (χ1n) is 8.64. The summed E-state index contributed by atoms with van der Waals surface area (Å²) in [5.41, 5.74) is -0.858. The normalized spacial score (nSPS) is 27.2. The summed E-state index contributed by atoms with van der Waals surface area (Å²) in [6.07, 6.45) is -5.39. The number of H-pyrrole nitrogens is 1. The molecule has 3 aromatic rings. The minimum Gasteiger partial charge on any atom is -0.387 e. The van der Waals surface area contributed by atoms with Crippen LogP contribution in [-0.4, -0.2) is 89.3 Å². The third kappa shape index (κ3) is 5.02. The van der Waals surface area contributed by atoms with Gasteiger partial charge >= 0.3 is 23.5 Å². The van der Waals surface area contributed by atoms with E-state index in [-0.39, 0.29) is 16.9 Å². The lowest BCUT2D eigenvalue weighted by molar-refractivity contribution is -0.0504. The molecule has 0 aromatic carbocycles. The van der Waals surface area contributed by atoms with Gasteiger partial charge in [0.05, 0.1) is 12.9 Å². The maximum Gasteiger partial charge on any atom is 0.490 e. The van der Waals surface area contributed by atoms with Crippen molar-refractivity contribution in [3.05, 3.63) is 16.7 Å². The summed E-state index contributed by atoms with van der Waals surface area (Å²) in [6, 6.07) is 0. The van der Waals surface area contributed by atoms with Crippen molar-refractivity contribution in [1.29, 1.82) is 0 Å². The van der Waals surface area contributed by atoms with Gasteiger partial charge in [-0.3, -0.25) is 18.9 Å². The number of phosphoric ester groups is 1. The molecule has 1 fully saturated rings. The Morgan fingerprint density at radius 2 is 1.79 bits per heavy atom. The average molecular weight is 549 g/mol. The van der Waals surface area contributed by atoms with Crippen LogP contribution in [-0.2, 0) is 31.6 Å². The number of fused-ring (bicyclic) bond motifs is 3. The van der Waals surface area contributed by atoms with E-state index in [1.807, 2.05) is 0 Å². The number of phosphoric acid groups is 3. The number of nitrogens with zero attached hydrogens (tertiary/aromatic N) is 6. The Morgan fingerprint density at radius 3 is 2.47 bits per heavy atom. The zero-order chi connectivity index (χ0) is 25.1. The zero-order valence-corrected chi connectivity index (χ0v) is 18.8. The molecule has 7 N–H and O–H groups in total. The summed E-state index contributed by atoms with van der Waals surface area (Å²) in [5, 5.41) is 31.3. The van der Waals surface area contributed by atoms with Crippen LogP contribution >= 0.6 is 23.5 Å². The number of aliphatic hydroxyl groups is 2. The van der Waals surface area contributed by atoms with Crippen LogP contribution in [0.3, 0.4) is 0 Å². The van der Waals surface area contributed by atoms with Gasteiger partial charge in [-0.1, -0.05) is 5.10 Å². The van der Waals surface area contributed by atoms with Crippen LogP contribution in [0.4, 0.5) is 0 Å². The van der Waals surface area contributed by atoms with Crippen molar-refractivity contribution in [3.8, 4) is 0 Å². The lowest BCUT2D eigenvalue weighted by atomic mass is 10.1. The monoisotopic (exact) mass is 549 g/mol. The van der Waals surface area contributed by atoms with Gasteiger partial charge in [0, 0.05) is 0 Å². The Kier molecular flexibility index (Phi) is 6.37. The van der Waals surface area contributed by atoms with Gasteiger partial charge in [0.1, 0.15) is 18.3 Å². The highest BCUT2D eigenvalue weighted by Crippen LogP contribution is 2.66. The van der Waals surface area contributed by atoms with Gasteiger partial charge in [-0.2, -0.15) is 13.1 Å². The summed E-state index contributed by atoms with van der Waals surface area (Å²) in [7, 11) is -16.8. The van der Waals surface area contributed by atoms with Gasteiger partial charge in [-0.25, -0.2) is 18.7 Å². The van der Waals surface area contributed by atoms with E-state index in [0.717, 1.165) is 15.4 Å². The number of ether oxygens (including phenoxy) is 1. The van der Waals surface area contributed by atoms with Crippen LogP contribution in [0.15, 0.2) is 11.1 Å². The molecule has 0 radical (unpaired) electrons. The van der Waals surface area contributed by atoms with E-state index in [1.165, 1.54) is 0 Å². The summed E-state index contributed by atoms with van der Waals surface area (Å²) >= 11 is 0. The first kappa shape index (κ1) is 25.1. The minimum absolute atomic E-state index is 0.0338. The van der Waals surface area contributed by atoms with E-state index in [0.29, 0.717) is 0 Å². The van der Waals surface area contributed by atoms with Gasteiger partial charge in [-0.15, -0.1) is 0 Å². The number of aromatic amines is 1. The number of hydrogen-bond donors (Lipinski definition) is 7. The van der Waals surface area contributed by atoms with Gasteiger partial charge < -0.3 is 34.5 Å². The van der Waals surface area contributed by atoms with Crippen LogP contribution in [0.1, 0.15) is 6.23 Å². The molecule has 0 spiro atoms. The van der Waals surface area contributed by atoms with E-state index in [4.69, 9.17) is 19.4 Å². The van der Waals surface area contributed by atoms with Crippen molar-refractivity contribution < 1.29 is 61.4 Å². The highest BCUT2D eigenvalue weighted by Gasteiger charge is 2.47. The molecule has 24 heteroatoms. The van der Waals surface area contributed by atoms with E-state index in [9.17, 15) is 33.6 Å². The predicted molar refractivity (Wildman–Crippen MR) is 100 cm³/mol. The summed E-state index contributed by atoms with van der Waals surface area (Å²) < 4.78 is 53.1. The molecule has 1 saturated heterocycles. The fraction of sp³-hybridized carbons (Fsp3) is 0.500. The minimum atomic E-state index is -5.75. The molecule has 3 aromatic heterocycles. The zero-order valence-electron chi connectivity index (χ0n) is 16.1. The molecule has 21 nitrogen and oxygen atoms in total. The highest BCUT2D eigenvalue weighted by molar-refractivity contribution is 7.66. The van der Waals surface area contributed by atoms with Crippen molar-refractivity contribution >= 4 is 40.4 Å². The number of aromatic nitrogens is 7. The standard InChI is InChI=1S/C10H14N7O14P3/c18-5-3(1-28-33(24,25)31-34(26,27)30-32(21,22)23)29-9(6(5)19)16-2-11-4-7(20)12-10-13-14-15-17(10)8(4)16/h2-3,5-6,9,18-19H,1H2,(H,24,25)(H,26,27)(H2,21,22,23)(H,12,13,15,20)/t3-,5-,6-,9-/m1/s1. The Balaban J connectivity index is 1.52.